The predicted octanol–water partition coefficient (Wildman–Crippen LogP) is 2.99. The number of H-pyrrole nitrogens is 1. The summed E-state index contributed by atoms with van der Waals surface area (Å²) < 4.78 is 0. The van der Waals surface area contributed by atoms with Crippen molar-refractivity contribution < 1.29 is 5.11 Å². The highest BCUT2D eigenvalue weighted by Gasteiger charge is 2.13. The second-order valence-corrected chi connectivity index (χ2v) is 4.27. The first-order valence-electron chi connectivity index (χ1n) is 4.78. The fourth-order valence-electron chi connectivity index (χ4n) is 1.47. The number of nitrogens with zero attached hydrogens (tertiary/aromatic N) is 1. The molecule has 0 aliphatic rings. The topological polar surface area (TPSA) is 48.9 Å². The average molecular weight is 257 g/mol. The van der Waals surface area contributed by atoms with Crippen LogP contribution in [0.5, 0.6) is 0 Å². The molecule has 0 saturated heterocycles. The summed E-state index contributed by atoms with van der Waals surface area (Å²) in [6.07, 6.45) is 3.07. The van der Waals surface area contributed by atoms with Crippen LogP contribution in [0.15, 0.2) is 30.6 Å². The van der Waals surface area contributed by atoms with Crippen LogP contribution in [-0.2, 0) is 6.42 Å². The van der Waals surface area contributed by atoms with Crippen LogP contribution in [0.1, 0.15) is 17.5 Å². The lowest BCUT2D eigenvalue weighted by Crippen LogP contribution is -2.03. The largest absolute Gasteiger partial charge is 0.388 e. The Morgan fingerprint density at radius 2 is 2.19 bits per heavy atom. The maximum Gasteiger partial charge on any atom is 0.108 e. The van der Waals surface area contributed by atoms with Gasteiger partial charge in [-0.05, 0) is 17.7 Å². The van der Waals surface area contributed by atoms with Crippen molar-refractivity contribution in [3.05, 3.63) is 52.0 Å². The number of halogens is 2. The molecular formula is C11H10Cl2N2O. The van der Waals surface area contributed by atoms with Gasteiger partial charge in [0.25, 0.3) is 0 Å². The first-order chi connectivity index (χ1) is 7.66. The minimum absolute atomic E-state index is 0.397. The molecular weight excluding hydrogens is 247 g/mol. The number of aliphatic hydroxyl groups is 1. The average Bonchev–Trinajstić information content (AvgIpc) is 2.70. The van der Waals surface area contributed by atoms with E-state index in [1.165, 1.54) is 0 Å². The molecule has 0 radical (unpaired) electrons. The Morgan fingerprint density at radius 1 is 1.38 bits per heavy atom. The number of aromatic amines is 1. The smallest absolute Gasteiger partial charge is 0.108 e. The van der Waals surface area contributed by atoms with E-state index >= 15 is 0 Å². The Bertz CT molecular complexity index is 471. The molecule has 2 N–H and O–H groups in total. The first-order valence-corrected chi connectivity index (χ1v) is 5.53. The van der Waals surface area contributed by atoms with Crippen LogP contribution in [0, 0.1) is 0 Å². The summed E-state index contributed by atoms with van der Waals surface area (Å²) in [5, 5.41) is 11.0. The highest BCUT2D eigenvalue weighted by molar-refractivity contribution is 6.35. The zero-order valence-corrected chi connectivity index (χ0v) is 9.83. The summed E-state index contributed by atoms with van der Waals surface area (Å²) in [4.78, 5) is 6.97. The zero-order valence-electron chi connectivity index (χ0n) is 8.32. The molecule has 0 bridgehead atoms. The standard InChI is InChI=1S/C11H10Cl2N2O/c12-7-1-2-8(9(13)5-7)10(16)6-11-14-3-4-15-11/h1-5,10,16H,6H2,(H,14,15). The molecule has 0 aliphatic heterocycles. The molecule has 0 saturated carbocycles. The van der Waals surface area contributed by atoms with Gasteiger partial charge in [0.1, 0.15) is 5.82 Å². The number of hydrogen-bond donors (Lipinski definition) is 2. The first kappa shape index (κ1) is 11.5. The lowest BCUT2D eigenvalue weighted by Gasteiger charge is -2.11. The van der Waals surface area contributed by atoms with Crippen LogP contribution in [0.2, 0.25) is 10.0 Å². The molecule has 1 heterocycles. The van der Waals surface area contributed by atoms with E-state index in [4.69, 9.17) is 23.2 Å². The van der Waals surface area contributed by atoms with Gasteiger partial charge in [-0.15, -0.1) is 0 Å². The van der Waals surface area contributed by atoms with Gasteiger partial charge in [-0.25, -0.2) is 4.98 Å². The maximum atomic E-state index is 9.98. The van der Waals surface area contributed by atoms with E-state index in [1.807, 2.05) is 0 Å². The van der Waals surface area contributed by atoms with Gasteiger partial charge in [0.15, 0.2) is 0 Å². The number of rotatable bonds is 3. The van der Waals surface area contributed by atoms with E-state index in [1.54, 1.807) is 30.6 Å². The second-order valence-electron chi connectivity index (χ2n) is 3.42. The van der Waals surface area contributed by atoms with Crippen molar-refractivity contribution in [2.24, 2.45) is 0 Å². The molecule has 84 valence electrons. The van der Waals surface area contributed by atoms with Crippen LogP contribution in [0.3, 0.4) is 0 Å². The van der Waals surface area contributed by atoms with Gasteiger partial charge in [0.2, 0.25) is 0 Å². The number of nitrogens with one attached hydrogen (secondary N) is 1. The summed E-state index contributed by atoms with van der Waals surface area (Å²) in [7, 11) is 0. The van der Waals surface area contributed by atoms with Crippen molar-refractivity contribution in [3.63, 3.8) is 0 Å². The Kier molecular flexibility index (Phi) is 3.49. The van der Waals surface area contributed by atoms with E-state index < -0.39 is 6.10 Å². The van der Waals surface area contributed by atoms with Gasteiger partial charge >= 0.3 is 0 Å². The minimum atomic E-state index is -0.684. The highest BCUT2D eigenvalue weighted by atomic mass is 35.5. The van der Waals surface area contributed by atoms with E-state index in [-0.39, 0.29) is 0 Å². The van der Waals surface area contributed by atoms with Crippen molar-refractivity contribution in [1.29, 1.82) is 0 Å². The Balaban J connectivity index is 2.17. The second kappa shape index (κ2) is 4.87. The molecule has 1 atom stereocenters. The van der Waals surface area contributed by atoms with Crippen LogP contribution < -0.4 is 0 Å². The Hall–Kier alpha value is -1.03. The quantitative estimate of drug-likeness (QED) is 0.887. The van der Waals surface area contributed by atoms with Crippen molar-refractivity contribution >= 4 is 23.2 Å². The van der Waals surface area contributed by atoms with Gasteiger partial charge in [-0.3, -0.25) is 0 Å². The number of imidazole rings is 1. The summed E-state index contributed by atoms with van der Waals surface area (Å²) in [5.41, 5.74) is 0.655. The van der Waals surface area contributed by atoms with Gasteiger partial charge in [0, 0.05) is 28.9 Å². The summed E-state index contributed by atoms with van der Waals surface area (Å²) >= 11 is 11.8. The fraction of sp³-hybridized carbons (Fsp3) is 0.182. The lowest BCUT2D eigenvalue weighted by atomic mass is 10.1. The molecule has 0 fully saturated rings. The van der Waals surface area contributed by atoms with Gasteiger partial charge in [0.05, 0.1) is 6.10 Å². The molecule has 16 heavy (non-hydrogen) atoms. The third-order valence-electron chi connectivity index (χ3n) is 2.26. The molecule has 0 amide bonds. The Labute approximate surface area is 103 Å². The molecule has 5 heteroatoms. The van der Waals surface area contributed by atoms with Crippen LogP contribution in [0.4, 0.5) is 0 Å². The SMILES string of the molecule is OC(Cc1ncc[nH]1)c1ccc(Cl)cc1Cl. The zero-order chi connectivity index (χ0) is 11.5. The highest BCUT2D eigenvalue weighted by Crippen LogP contribution is 2.27. The summed E-state index contributed by atoms with van der Waals surface area (Å²) in [6.45, 7) is 0. The van der Waals surface area contributed by atoms with Crippen LogP contribution in [0.25, 0.3) is 0 Å². The van der Waals surface area contributed by atoms with Crippen LogP contribution in [-0.4, -0.2) is 15.1 Å². The third kappa shape index (κ3) is 2.55. The number of aromatic nitrogens is 2. The van der Waals surface area contributed by atoms with Gasteiger partial charge in [-0.2, -0.15) is 0 Å². The summed E-state index contributed by atoms with van der Waals surface area (Å²) in [6, 6.07) is 5.04. The van der Waals surface area contributed by atoms with E-state index in [9.17, 15) is 5.11 Å². The lowest BCUT2D eigenvalue weighted by molar-refractivity contribution is 0.176. The molecule has 0 aliphatic carbocycles. The van der Waals surface area contributed by atoms with Gasteiger partial charge < -0.3 is 10.1 Å². The van der Waals surface area contributed by atoms with Crippen molar-refractivity contribution in [3.8, 4) is 0 Å². The third-order valence-corrected chi connectivity index (χ3v) is 2.83. The maximum absolute atomic E-state index is 9.98. The molecule has 2 aromatic rings. The van der Waals surface area contributed by atoms with Crippen molar-refractivity contribution in [1.82, 2.24) is 9.97 Å². The predicted molar refractivity (Wildman–Crippen MR) is 63.7 cm³/mol. The van der Waals surface area contributed by atoms with Gasteiger partial charge in [-0.1, -0.05) is 29.3 Å². The molecule has 1 aromatic carbocycles. The van der Waals surface area contributed by atoms with Crippen LogP contribution >= 0.6 is 23.2 Å². The monoisotopic (exact) mass is 256 g/mol. The molecule has 1 aromatic heterocycles. The van der Waals surface area contributed by atoms with Crippen molar-refractivity contribution in [2.75, 3.05) is 0 Å². The number of benzene rings is 1. The molecule has 1 unspecified atom stereocenters. The van der Waals surface area contributed by atoms with E-state index in [0.717, 1.165) is 5.82 Å². The molecule has 0 spiro atoms. The molecule has 3 nitrogen and oxygen atoms in total. The number of aliphatic hydroxyl groups excluding tert-OH is 1. The Morgan fingerprint density at radius 3 is 2.81 bits per heavy atom. The number of hydrogen-bond acceptors (Lipinski definition) is 2. The molecule has 2 rings (SSSR count). The normalized spacial score (nSPS) is 12.7. The van der Waals surface area contributed by atoms with Crippen molar-refractivity contribution in [2.45, 2.75) is 12.5 Å². The van der Waals surface area contributed by atoms with E-state index in [2.05, 4.69) is 9.97 Å². The minimum Gasteiger partial charge on any atom is -0.388 e. The van der Waals surface area contributed by atoms with E-state index in [0.29, 0.717) is 22.0 Å². The summed E-state index contributed by atoms with van der Waals surface area (Å²) in [5.74, 6) is 0.721. The fourth-order valence-corrected chi connectivity index (χ4v) is 2.01.